The number of nitrogens with two attached hydrogens (primary N) is 1. The van der Waals surface area contributed by atoms with Gasteiger partial charge in [-0.25, -0.2) is 0 Å². The topological polar surface area (TPSA) is 72.2 Å². The van der Waals surface area contributed by atoms with Crippen molar-refractivity contribution in [2.24, 2.45) is 5.73 Å². The molecule has 1 aromatic rings. The number of carbonyl (C=O) groups excluding carboxylic acids is 2. The van der Waals surface area contributed by atoms with Gasteiger partial charge < -0.3 is 11.1 Å². The van der Waals surface area contributed by atoms with E-state index < -0.39 is 0 Å². The van der Waals surface area contributed by atoms with Crippen molar-refractivity contribution in [1.82, 2.24) is 5.32 Å². The average molecular weight is 306 g/mol. The highest BCUT2D eigenvalue weighted by molar-refractivity contribution is 8.00. The lowest BCUT2D eigenvalue weighted by molar-refractivity contribution is -0.119. The van der Waals surface area contributed by atoms with Crippen molar-refractivity contribution in [1.29, 1.82) is 0 Å². The monoisotopic (exact) mass is 306 g/mol. The molecule has 0 radical (unpaired) electrons. The molecule has 5 heteroatoms. The summed E-state index contributed by atoms with van der Waals surface area (Å²) in [5.74, 6) is 0.757. The van der Waals surface area contributed by atoms with Gasteiger partial charge in [-0.3, -0.25) is 9.59 Å². The Morgan fingerprint density at radius 2 is 1.76 bits per heavy atom. The lowest BCUT2D eigenvalue weighted by atomic mass is 9.92. The number of nitrogens with one attached hydrogen (secondary N) is 1. The van der Waals surface area contributed by atoms with Crippen molar-refractivity contribution in [2.45, 2.75) is 37.8 Å². The molecule has 0 atom stereocenters. The van der Waals surface area contributed by atoms with Crippen LogP contribution in [0.15, 0.2) is 30.3 Å². The Bertz CT molecular complexity index is 470. The van der Waals surface area contributed by atoms with Crippen molar-refractivity contribution in [2.75, 3.05) is 11.5 Å². The van der Waals surface area contributed by atoms with Gasteiger partial charge in [0.05, 0.1) is 11.5 Å². The van der Waals surface area contributed by atoms with Crippen LogP contribution in [0.1, 0.15) is 36.0 Å². The Hall–Kier alpha value is -1.33. The summed E-state index contributed by atoms with van der Waals surface area (Å²) in [7, 11) is 0. The van der Waals surface area contributed by atoms with E-state index >= 15 is 0 Å². The van der Waals surface area contributed by atoms with Crippen molar-refractivity contribution in [3.05, 3.63) is 35.9 Å². The Labute approximate surface area is 129 Å². The maximum Gasteiger partial charge on any atom is 0.230 e. The number of ketones is 1. The molecule has 4 nitrogen and oxygen atoms in total. The average Bonchev–Trinajstić information content (AvgIpc) is 2.50. The van der Waals surface area contributed by atoms with E-state index in [1.165, 1.54) is 11.8 Å². The number of Topliss-reactive ketones (excluding diaryl/α,β-unsaturated/α-hetero) is 1. The largest absolute Gasteiger partial charge is 0.353 e. The Morgan fingerprint density at radius 1 is 1.10 bits per heavy atom. The van der Waals surface area contributed by atoms with Gasteiger partial charge in [0, 0.05) is 17.6 Å². The van der Waals surface area contributed by atoms with Crippen LogP contribution in [0.3, 0.4) is 0 Å². The zero-order chi connectivity index (χ0) is 15.1. The van der Waals surface area contributed by atoms with Crippen LogP contribution in [-0.4, -0.2) is 35.3 Å². The Morgan fingerprint density at radius 3 is 2.43 bits per heavy atom. The van der Waals surface area contributed by atoms with Gasteiger partial charge in [-0.2, -0.15) is 0 Å². The molecular weight excluding hydrogens is 284 g/mol. The van der Waals surface area contributed by atoms with Crippen LogP contribution in [0, 0.1) is 0 Å². The smallest absolute Gasteiger partial charge is 0.230 e. The first-order valence-electron chi connectivity index (χ1n) is 7.36. The van der Waals surface area contributed by atoms with Gasteiger partial charge in [0.2, 0.25) is 5.91 Å². The predicted octanol–water partition coefficient (Wildman–Crippen LogP) is 1.99. The van der Waals surface area contributed by atoms with E-state index in [9.17, 15) is 9.59 Å². The van der Waals surface area contributed by atoms with Gasteiger partial charge in [-0.05, 0) is 25.7 Å². The lowest BCUT2D eigenvalue weighted by Crippen LogP contribution is -2.41. The Balaban J connectivity index is 1.64. The molecule has 1 aliphatic carbocycles. The fourth-order valence-electron chi connectivity index (χ4n) is 2.48. The van der Waals surface area contributed by atoms with Crippen LogP contribution in [0.5, 0.6) is 0 Å². The summed E-state index contributed by atoms with van der Waals surface area (Å²) in [6.07, 6.45) is 3.87. The van der Waals surface area contributed by atoms with E-state index in [0.717, 1.165) is 25.7 Å². The first-order valence-corrected chi connectivity index (χ1v) is 8.51. The van der Waals surface area contributed by atoms with Gasteiger partial charge in [0.1, 0.15) is 0 Å². The van der Waals surface area contributed by atoms with Crippen LogP contribution in [0.25, 0.3) is 0 Å². The molecule has 114 valence electrons. The molecule has 21 heavy (non-hydrogen) atoms. The molecule has 1 saturated carbocycles. The van der Waals surface area contributed by atoms with Crippen molar-refractivity contribution < 1.29 is 9.59 Å². The number of hydrogen-bond donors (Lipinski definition) is 2. The van der Waals surface area contributed by atoms with Crippen LogP contribution >= 0.6 is 11.8 Å². The molecule has 0 spiro atoms. The molecule has 3 N–H and O–H groups in total. The molecule has 0 heterocycles. The fourth-order valence-corrected chi connectivity index (χ4v) is 3.20. The van der Waals surface area contributed by atoms with E-state index in [1.807, 2.05) is 18.2 Å². The van der Waals surface area contributed by atoms with E-state index in [2.05, 4.69) is 5.32 Å². The zero-order valence-corrected chi connectivity index (χ0v) is 12.9. The third-order valence-electron chi connectivity index (χ3n) is 3.70. The third-order valence-corrected chi connectivity index (χ3v) is 4.63. The molecule has 1 amide bonds. The first kappa shape index (κ1) is 16.0. The summed E-state index contributed by atoms with van der Waals surface area (Å²) >= 11 is 1.37. The number of benzene rings is 1. The van der Waals surface area contributed by atoms with E-state index in [4.69, 9.17) is 5.73 Å². The highest BCUT2D eigenvalue weighted by atomic mass is 32.2. The summed E-state index contributed by atoms with van der Waals surface area (Å²) in [5, 5.41) is 3.03. The maximum atomic E-state index is 11.9. The van der Waals surface area contributed by atoms with E-state index in [0.29, 0.717) is 17.1 Å². The molecule has 2 rings (SSSR count). The molecule has 0 saturated heterocycles. The molecule has 1 aromatic carbocycles. The second-order valence-electron chi connectivity index (χ2n) is 5.46. The lowest BCUT2D eigenvalue weighted by Gasteiger charge is -2.26. The summed E-state index contributed by atoms with van der Waals surface area (Å²) < 4.78 is 0. The third kappa shape index (κ3) is 5.52. The molecule has 1 aliphatic rings. The molecule has 0 aromatic heterocycles. The predicted molar refractivity (Wildman–Crippen MR) is 86.5 cm³/mol. The molecule has 1 fully saturated rings. The second kappa shape index (κ2) is 8.20. The van der Waals surface area contributed by atoms with Crippen molar-refractivity contribution in [3.8, 4) is 0 Å². The number of amides is 1. The summed E-state index contributed by atoms with van der Waals surface area (Å²) in [5.41, 5.74) is 6.54. The quantitative estimate of drug-likeness (QED) is 0.788. The van der Waals surface area contributed by atoms with E-state index in [1.54, 1.807) is 12.1 Å². The SMILES string of the molecule is NC1CCC(NC(=O)CSCC(=O)c2ccccc2)CC1. The standard InChI is InChI=1S/C16H22N2O2S/c17-13-6-8-14(9-7-13)18-16(20)11-21-10-15(19)12-4-2-1-3-5-12/h1-5,13-14H,6-11,17H2,(H,18,20). The normalized spacial score (nSPS) is 21.8. The summed E-state index contributed by atoms with van der Waals surface area (Å²) in [4.78, 5) is 23.7. The van der Waals surface area contributed by atoms with Gasteiger partial charge in [-0.15, -0.1) is 11.8 Å². The van der Waals surface area contributed by atoms with Gasteiger partial charge >= 0.3 is 0 Å². The second-order valence-corrected chi connectivity index (χ2v) is 6.45. The zero-order valence-electron chi connectivity index (χ0n) is 12.1. The number of hydrogen-bond acceptors (Lipinski definition) is 4. The fraction of sp³-hybridized carbons (Fsp3) is 0.500. The van der Waals surface area contributed by atoms with E-state index in [-0.39, 0.29) is 23.8 Å². The van der Waals surface area contributed by atoms with Crippen LogP contribution in [-0.2, 0) is 4.79 Å². The van der Waals surface area contributed by atoms with Gasteiger partial charge in [0.15, 0.2) is 5.78 Å². The first-order chi connectivity index (χ1) is 10.1. The van der Waals surface area contributed by atoms with Crippen molar-refractivity contribution in [3.63, 3.8) is 0 Å². The van der Waals surface area contributed by atoms with Gasteiger partial charge in [0.25, 0.3) is 0 Å². The minimum atomic E-state index is 0.0151. The summed E-state index contributed by atoms with van der Waals surface area (Å²) in [6.45, 7) is 0. The van der Waals surface area contributed by atoms with Crippen LogP contribution in [0.2, 0.25) is 0 Å². The molecule has 0 aliphatic heterocycles. The highest BCUT2D eigenvalue weighted by Crippen LogP contribution is 2.17. The van der Waals surface area contributed by atoms with Crippen molar-refractivity contribution >= 4 is 23.5 Å². The number of carbonyl (C=O) groups is 2. The highest BCUT2D eigenvalue weighted by Gasteiger charge is 2.19. The summed E-state index contributed by atoms with van der Waals surface area (Å²) in [6, 6.07) is 9.71. The van der Waals surface area contributed by atoms with Crippen LogP contribution in [0.4, 0.5) is 0 Å². The van der Waals surface area contributed by atoms with Gasteiger partial charge in [-0.1, -0.05) is 30.3 Å². The molecule has 0 unspecified atom stereocenters. The minimum Gasteiger partial charge on any atom is -0.353 e. The molecule has 0 bridgehead atoms. The minimum absolute atomic E-state index is 0.0151. The molecular formula is C16H22N2O2S. The Kier molecular flexibility index (Phi) is 6.26. The maximum absolute atomic E-state index is 11.9. The van der Waals surface area contributed by atoms with Crippen LogP contribution < -0.4 is 11.1 Å². The number of rotatable bonds is 6. The number of thioether (sulfide) groups is 1.